The van der Waals surface area contributed by atoms with Crippen molar-refractivity contribution in [3.05, 3.63) is 54.1 Å². The molecule has 1 fully saturated rings. The van der Waals surface area contributed by atoms with Crippen LogP contribution in [0.25, 0.3) is 16.6 Å². The first kappa shape index (κ1) is 20.7. The number of anilines is 1. The maximum absolute atomic E-state index is 5.63. The number of imidazole rings is 1. The van der Waals surface area contributed by atoms with Crippen LogP contribution in [0.4, 0.5) is 5.69 Å². The van der Waals surface area contributed by atoms with Gasteiger partial charge >= 0.3 is 0 Å². The number of allylic oxidation sites excluding steroid dienone is 3. The van der Waals surface area contributed by atoms with Gasteiger partial charge in [-0.15, -0.1) is 0 Å². The monoisotopic (exact) mass is 408 g/mol. The maximum atomic E-state index is 5.63. The minimum atomic E-state index is 0.150. The van der Waals surface area contributed by atoms with E-state index in [4.69, 9.17) is 14.5 Å². The Bertz CT molecular complexity index is 1020. The number of hydrogen-bond donors (Lipinski definition) is 0. The first-order valence-electron chi connectivity index (χ1n) is 10.6. The van der Waals surface area contributed by atoms with Gasteiger partial charge in [-0.25, -0.2) is 4.98 Å². The van der Waals surface area contributed by atoms with Crippen molar-refractivity contribution < 1.29 is 9.47 Å². The molecule has 6 heteroatoms. The van der Waals surface area contributed by atoms with E-state index < -0.39 is 0 Å². The van der Waals surface area contributed by atoms with Gasteiger partial charge < -0.3 is 23.8 Å². The summed E-state index contributed by atoms with van der Waals surface area (Å²) in [4.78, 5) is 9.52. The standard InChI is InChI=1S/C24H32N4O2/c1-16-11-20(13-26(5)19(16)4)24-25-22-8-7-21(27-9-10-30-15-17(27)2)12-23(22)28(24)18(3)14-29-6/h7-8,11-13,17-18H,4,9-10,14-15H2,1-3,5-6H3/t17-,18-/m0/s1. The number of ether oxygens (including phenoxy) is 2. The minimum Gasteiger partial charge on any atom is -0.383 e. The third kappa shape index (κ3) is 3.66. The predicted molar refractivity (Wildman–Crippen MR) is 123 cm³/mol. The number of hydrogen-bond acceptors (Lipinski definition) is 5. The quantitative estimate of drug-likeness (QED) is 0.741. The average molecular weight is 409 g/mol. The van der Waals surface area contributed by atoms with E-state index in [1.165, 1.54) is 5.69 Å². The van der Waals surface area contributed by atoms with Crippen molar-refractivity contribution in [1.82, 2.24) is 14.5 Å². The molecule has 6 nitrogen and oxygen atoms in total. The number of likely N-dealkylation sites (N-methyl/N-ethyl adjacent to an activating group) is 1. The van der Waals surface area contributed by atoms with Crippen molar-refractivity contribution in [2.45, 2.75) is 32.9 Å². The van der Waals surface area contributed by atoms with E-state index in [0.717, 1.165) is 53.5 Å². The van der Waals surface area contributed by atoms with Gasteiger partial charge in [0.25, 0.3) is 0 Å². The molecule has 1 aromatic heterocycles. The second-order valence-corrected chi connectivity index (χ2v) is 8.37. The van der Waals surface area contributed by atoms with Gasteiger partial charge in [-0.2, -0.15) is 0 Å². The van der Waals surface area contributed by atoms with Gasteiger partial charge in [-0.1, -0.05) is 6.58 Å². The van der Waals surface area contributed by atoms with Crippen LogP contribution in [0, 0.1) is 0 Å². The van der Waals surface area contributed by atoms with Crippen LogP contribution < -0.4 is 4.90 Å². The molecule has 0 spiro atoms. The largest absolute Gasteiger partial charge is 0.383 e. The Morgan fingerprint density at radius 3 is 2.87 bits per heavy atom. The molecule has 0 saturated carbocycles. The summed E-state index contributed by atoms with van der Waals surface area (Å²) in [6.07, 6.45) is 4.28. The second-order valence-electron chi connectivity index (χ2n) is 8.37. The SMILES string of the molecule is C=C1C(C)=CC(c2nc3ccc(N4CCOC[C@@H]4C)cc3n2[C@@H](C)COC)=CN1C. The first-order valence-corrected chi connectivity index (χ1v) is 10.6. The van der Waals surface area contributed by atoms with Gasteiger partial charge in [0.15, 0.2) is 0 Å². The topological polar surface area (TPSA) is 42.8 Å². The lowest BCUT2D eigenvalue weighted by atomic mass is 10.1. The number of rotatable bonds is 5. The van der Waals surface area contributed by atoms with Crippen LogP contribution in [0.3, 0.4) is 0 Å². The van der Waals surface area contributed by atoms with E-state index in [-0.39, 0.29) is 6.04 Å². The molecule has 2 atom stereocenters. The Labute approximate surface area is 179 Å². The van der Waals surface area contributed by atoms with Crippen LogP contribution in [-0.2, 0) is 9.47 Å². The van der Waals surface area contributed by atoms with Crippen LogP contribution in [0.1, 0.15) is 32.6 Å². The number of aromatic nitrogens is 2. The van der Waals surface area contributed by atoms with E-state index in [1.54, 1.807) is 7.11 Å². The Morgan fingerprint density at radius 2 is 2.17 bits per heavy atom. The third-order valence-electron chi connectivity index (χ3n) is 6.06. The fourth-order valence-corrected chi connectivity index (χ4v) is 4.38. The highest BCUT2D eigenvalue weighted by Crippen LogP contribution is 2.33. The Kier molecular flexibility index (Phi) is 5.71. The van der Waals surface area contributed by atoms with Crippen molar-refractivity contribution in [1.29, 1.82) is 0 Å². The van der Waals surface area contributed by atoms with Crippen molar-refractivity contribution in [3.63, 3.8) is 0 Å². The zero-order valence-corrected chi connectivity index (χ0v) is 18.7. The average Bonchev–Trinajstić information content (AvgIpc) is 3.11. The van der Waals surface area contributed by atoms with Crippen molar-refractivity contribution in [3.8, 4) is 0 Å². The molecular formula is C24H32N4O2. The number of fused-ring (bicyclic) bond motifs is 1. The Morgan fingerprint density at radius 1 is 1.37 bits per heavy atom. The molecule has 1 aromatic carbocycles. The molecular weight excluding hydrogens is 376 g/mol. The van der Waals surface area contributed by atoms with E-state index in [2.05, 4.69) is 72.2 Å². The van der Waals surface area contributed by atoms with Crippen molar-refractivity contribution in [2.24, 2.45) is 0 Å². The molecule has 2 aliphatic heterocycles. The summed E-state index contributed by atoms with van der Waals surface area (Å²) >= 11 is 0. The van der Waals surface area contributed by atoms with Gasteiger partial charge in [0, 0.05) is 49.9 Å². The number of morpholine rings is 1. The highest BCUT2D eigenvalue weighted by atomic mass is 16.5. The van der Waals surface area contributed by atoms with Crippen molar-refractivity contribution in [2.75, 3.05) is 45.4 Å². The molecule has 160 valence electrons. The molecule has 4 rings (SSSR count). The van der Waals surface area contributed by atoms with E-state index in [1.807, 2.05) is 7.05 Å². The van der Waals surface area contributed by atoms with Crippen LogP contribution in [0.5, 0.6) is 0 Å². The summed E-state index contributed by atoms with van der Waals surface area (Å²) in [7, 11) is 3.78. The van der Waals surface area contributed by atoms with Gasteiger partial charge in [0.2, 0.25) is 0 Å². The smallest absolute Gasteiger partial charge is 0.142 e. The van der Waals surface area contributed by atoms with Crippen LogP contribution in [0.2, 0.25) is 0 Å². The summed E-state index contributed by atoms with van der Waals surface area (Å²) < 4.78 is 13.4. The van der Waals surface area contributed by atoms with Gasteiger partial charge in [-0.05, 0) is 50.6 Å². The highest BCUT2D eigenvalue weighted by molar-refractivity contribution is 5.86. The summed E-state index contributed by atoms with van der Waals surface area (Å²) in [5.74, 6) is 0.959. The predicted octanol–water partition coefficient (Wildman–Crippen LogP) is 4.22. The minimum absolute atomic E-state index is 0.150. The van der Waals surface area contributed by atoms with Gasteiger partial charge in [0.05, 0.1) is 36.9 Å². The molecule has 3 heterocycles. The lowest BCUT2D eigenvalue weighted by molar-refractivity contribution is 0.0989. The summed E-state index contributed by atoms with van der Waals surface area (Å²) in [5.41, 5.74) is 6.58. The molecule has 2 aliphatic rings. The molecule has 30 heavy (non-hydrogen) atoms. The molecule has 1 saturated heterocycles. The fourth-order valence-electron chi connectivity index (χ4n) is 4.38. The Hall–Kier alpha value is -2.57. The summed E-state index contributed by atoms with van der Waals surface area (Å²) in [6, 6.07) is 7.08. The van der Waals surface area contributed by atoms with Gasteiger partial charge in [-0.3, -0.25) is 0 Å². The zero-order chi connectivity index (χ0) is 21.4. The maximum Gasteiger partial charge on any atom is 0.142 e. The van der Waals surface area contributed by atoms with Crippen LogP contribution >= 0.6 is 0 Å². The third-order valence-corrected chi connectivity index (χ3v) is 6.06. The van der Waals surface area contributed by atoms with Crippen molar-refractivity contribution >= 4 is 22.3 Å². The summed E-state index contributed by atoms with van der Waals surface area (Å²) in [5, 5.41) is 0. The molecule has 0 amide bonds. The normalized spacial score (nSPS) is 21.1. The molecule has 0 bridgehead atoms. The van der Waals surface area contributed by atoms with E-state index >= 15 is 0 Å². The Balaban J connectivity index is 1.85. The van der Waals surface area contributed by atoms with E-state index in [0.29, 0.717) is 12.6 Å². The molecule has 0 N–H and O–H groups in total. The molecule has 0 aliphatic carbocycles. The lowest BCUT2D eigenvalue weighted by Gasteiger charge is -2.35. The molecule has 0 radical (unpaired) electrons. The second kappa shape index (κ2) is 8.28. The van der Waals surface area contributed by atoms with E-state index in [9.17, 15) is 0 Å². The van der Waals surface area contributed by atoms with Gasteiger partial charge in [0.1, 0.15) is 5.82 Å². The molecule has 0 unspecified atom stereocenters. The van der Waals surface area contributed by atoms with Crippen LogP contribution in [-0.4, -0.2) is 61.0 Å². The highest BCUT2D eigenvalue weighted by Gasteiger charge is 2.24. The molecule has 2 aromatic rings. The first-order chi connectivity index (χ1) is 14.4. The number of benzene rings is 1. The fraction of sp³-hybridized carbons (Fsp3) is 0.458. The number of nitrogens with zero attached hydrogens (tertiary/aromatic N) is 4. The number of methoxy groups -OCH3 is 1. The lowest BCUT2D eigenvalue weighted by Crippen LogP contribution is -2.43. The zero-order valence-electron chi connectivity index (χ0n) is 18.7. The van der Waals surface area contributed by atoms with Crippen LogP contribution in [0.15, 0.2) is 48.3 Å². The summed E-state index contributed by atoms with van der Waals surface area (Å²) in [6.45, 7) is 13.7.